The van der Waals surface area contributed by atoms with Gasteiger partial charge in [-0.1, -0.05) is 13.0 Å². The number of rotatable bonds is 5. The second kappa shape index (κ2) is 6.51. The molecule has 1 unspecified atom stereocenters. The van der Waals surface area contributed by atoms with E-state index >= 15 is 0 Å². The second-order valence-corrected chi connectivity index (χ2v) is 5.99. The smallest absolute Gasteiger partial charge is 0.327 e. The van der Waals surface area contributed by atoms with Gasteiger partial charge >= 0.3 is 6.03 Å². The Hall–Kier alpha value is -2.57. The van der Waals surface area contributed by atoms with E-state index in [1.54, 1.807) is 30.0 Å². The average Bonchev–Trinajstić information content (AvgIpc) is 3.15. The van der Waals surface area contributed by atoms with E-state index in [0.29, 0.717) is 24.4 Å². The number of carbonyl (C=O) groups excluding carboxylic acids is 3. The zero-order valence-corrected chi connectivity index (χ0v) is 13.9. The fourth-order valence-electron chi connectivity index (χ4n) is 3.20. The normalized spacial score (nSPS) is 19.7. The Balaban J connectivity index is 1.80. The SMILES string of the molecule is CCC(=O)Nc1cc(CN2C(=O)C3CCCN3C2=O)ccc1OC. The molecule has 2 fully saturated rings. The lowest BCUT2D eigenvalue weighted by Crippen LogP contribution is -2.32. The maximum absolute atomic E-state index is 12.4. The van der Waals surface area contributed by atoms with E-state index in [2.05, 4.69) is 5.32 Å². The van der Waals surface area contributed by atoms with Crippen molar-refractivity contribution in [2.75, 3.05) is 19.0 Å². The van der Waals surface area contributed by atoms with Crippen molar-refractivity contribution in [1.29, 1.82) is 0 Å². The lowest BCUT2D eigenvalue weighted by atomic mass is 10.1. The zero-order chi connectivity index (χ0) is 17.3. The molecule has 2 heterocycles. The molecule has 0 saturated carbocycles. The fraction of sp³-hybridized carbons (Fsp3) is 0.471. The van der Waals surface area contributed by atoms with Crippen LogP contribution in [-0.4, -0.2) is 47.3 Å². The zero-order valence-electron chi connectivity index (χ0n) is 13.9. The molecule has 7 nitrogen and oxygen atoms in total. The van der Waals surface area contributed by atoms with Crippen LogP contribution in [0, 0.1) is 0 Å². The number of nitrogens with zero attached hydrogens (tertiary/aromatic N) is 2. The molecular formula is C17H21N3O4. The number of carbonyl (C=O) groups is 3. The molecule has 1 atom stereocenters. The van der Waals surface area contributed by atoms with Crippen LogP contribution in [0.2, 0.25) is 0 Å². The number of hydrogen-bond donors (Lipinski definition) is 1. The summed E-state index contributed by atoms with van der Waals surface area (Å²) in [4.78, 5) is 39.4. The van der Waals surface area contributed by atoms with Gasteiger partial charge in [0.2, 0.25) is 5.91 Å². The van der Waals surface area contributed by atoms with E-state index in [1.165, 1.54) is 12.0 Å². The van der Waals surface area contributed by atoms with Gasteiger partial charge in [-0.3, -0.25) is 14.5 Å². The molecule has 0 aromatic heterocycles. The summed E-state index contributed by atoms with van der Waals surface area (Å²) < 4.78 is 5.25. The number of benzene rings is 1. The molecule has 0 spiro atoms. The van der Waals surface area contributed by atoms with E-state index in [-0.39, 0.29) is 30.4 Å². The van der Waals surface area contributed by atoms with Gasteiger partial charge in [-0.05, 0) is 30.5 Å². The van der Waals surface area contributed by atoms with Crippen molar-refractivity contribution in [3.63, 3.8) is 0 Å². The lowest BCUT2D eigenvalue weighted by Gasteiger charge is -2.17. The van der Waals surface area contributed by atoms with Gasteiger partial charge in [0.1, 0.15) is 11.8 Å². The highest BCUT2D eigenvalue weighted by atomic mass is 16.5. The number of amides is 4. The minimum absolute atomic E-state index is 0.126. The van der Waals surface area contributed by atoms with E-state index in [1.807, 2.05) is 0 Å². The minimum atomic E-state index is -0.296. The third kappa shape index (κ3) is 2.81. The van der Waals surface area contributed by atoms with Gasteiger partial charge in [0.05, 0.1) is 19.3 Å². The summed E-state index contributed by atoms with van der Waals surface area (Å²) >= 11 is 0. The lowest BCUT2D eigenvalue weighted by molar-refractivity contribution is -0.128. The van der Waals surface area contributed by atoms with Gasteiger partial charge in [0, 0.05) is 13.0 Å². The number of ether oxygens (including phenoxy) is 1. The number of methoxy groups -OCH3 is 1. The van der Waals surface area contributed by atoms with Gasteiger partial charge in [0.25, 0.3) is 5.91 Å². The highest BCUT2D eigenvalue weighted by Gasteiger charge is 2.47. The average molecular weight is 331 g/mol. The number of nitrogens with one attached hydrogen (secondary N) is 1. The van der Waals surface area contributed by atoms with Crippen LogP contribution in [0.3, 0.4) is 0 Å². The Labute approximate surface area is 140 Å². The van der Waals surface area contributed by atoms with Crippen molar-refractivity contribution in [1.82, 2.24) is 9.80 Å². The van der Waals surface area contributed by atoms with Crippen molar-refractivity contribution in [3.05, 3.63) is 23.8 Å². The molecule has 1 N–H and O–H groups in total. The standard InChI is InChI=1S/C17H21N3O4/c1-3-15(21)18-12-9-11(6-7-14(12)24-2)10-20-16(22)13-5-4-8-19(13)17(20)23/h6-7,9,13H,3-5,8,10H2,1-2H3,(H,18,21). The van der Waals surface area contributed by atoms with Gasteiger partial charge in [0.15, 0.2) is 0 Å². The molecule has 0 radical (unpaired) electrons. The summed E-state index contributed by atoms with van der Waals surface area (Å²) in [6.45, 7) is 2.61. The Morgan fingerprint density at radius 2 is 2.17 bits per heavy atom. The van der Waals surface area contributed by atoms with Crippen molar-refractivity contribution in [2.24, 2.45) is 0 Å². The van der Waals surface area contributed by atoms with Crippen LogP contribution in [0.25, 0.3) is 0 Å². The number of urea groups is 1. The minimum Gasteiger partial charge on any atom is -0.495 e. The van der Waals surface area contributed by atoms with Gasteiger partial charge in [-0.15, -0.1) is 0 Å². The van der Waals surface area contributed by atoms with Gasteiger partial charge in [-0.25, -0.2) is 4.79 Å². The predicted molar refractivity (Wildman–Crippen MR) is 87.6 cm³/mol. The third-order valence-corrected chi connectivity index (χ3v) is 4.48. The molecule has 2 aliphatic heterocycles. The topological polar surface area (TPSA) is 79.0 Å². The van der Waals surface area contributed by atoms with Crippen LogP contribution < -0.4 is 10.1 Å². The summed E-state index contributed by atoms with van der Waals surface area (Å²) in [5, 5.41) is 2.78. The Bertz CT molecular complexity index is 666. The molecule has 128 valence electrons. The maximum atomic E-state index is 12.4. The highest BCUT2D eigenvalue weighted by Crippen LogP contribution is 2.30. The summed E-state index contributed by atoms with van der Waals surface area (Å²) in [5.74, 6) is 0.284. The number of hydrogen-bond acceptors (Lipinski definition) is 4. The largest absolute Gasteiger partial charge is 0.495 e. The van der Waals surface area contributed by atoms with Crippen LogP contribution in [0.5, 0.6) is 5.75 Å². The highest BCUT2D eigenvalue weighted by molar-refractivity contribution is 6.04. The molecule has 24 heavy (non-hydrogen) atoms. The Morgan fingerprint density at radius 1 is 1.38 bits per heavy atom. The number of imide groups is 1. The first-order chi connectivity index (χ1) is 11.5. The van der Waals surface area contributed by atoms with Crippen LogP contribution in [-0.2, 0) is 16.1 Å². The molecule has 2 aliphatic rings. The van der Waals surface area contributed by atoms with Gasteiger partial charge < -0.3 is 15.0 Å². The van der Waals surface area contributed by atoms with E-state index < -0.39 is 0 Å². The van der Waals surface area contributed by atoms with Crippen LogP contribution in [0.4, 0.5) is 10.5 Å². The molecule has 0 bridgehead atoms. The third-order valence-electron chi connectivity index (χ3n) is 4.48. The molecule has 4 amide bonds. The van der Waals surface area contributed by atoms with Crippen molar-refractivity contribution >= 4 is 23.5 Å². The van der Waals surface area contributed by atoms with Crippen molar-refractivity contribution in [3.8, 4) is 5.75 Å². The Morgan fingerprint density at radius 3 is 2.83 bits per heavy atom. The molecule has 1 aromatic carbocycles. The van der Waals surface area contributed by atoms with E-state index in [9.17, 15) is 14.4 Å². The molecular weight excluding hydrogens is 310 g/mol. The second-order valence-electron chi connectivity index (χ2n) is 5.99. The van der Waals surface area contributed by atoms with Crippen molar-refractivity contribution < 1.29 is 19.1 Å². The summed E-state index contributed by atoms with van der Waals surface area (Å²) in [5.41, 5.74) is 1.31. The van der Waals surface area contributed by atoms with E-state index in [0.717, 1.165) is 18.4 Å². The first kappa shape index (κ1) is 16.3. The molecule has 0 aliphatic carbocycles. The molecule has 2 saturated heterocycles. The maximum Gasteiger partial charge on any atom is 0.327 e. The van der Waals surface area contributed by atoms with Crippen LogP contribution in [0.1, 0.15) is 31.7 Å². The number of fused-ring (bicyclic) bond motifs is 1. The van der Waals surface area contributed by atoms with Crippen molar-refractivity contribution in [2.45, 2.75) is 38.8 Å². The molecule has 3 rings (SSSR count). The molecule has 1 aromatic rings. The first-order valence-corrected chi connectivity index (χ1v) is 8.14. The van der Waals surface area contributed by atoms with E-state index in [4.69, 9.17) is 4.74 Å². The summed E-state index contributed by atoms with van der Waals surface area (Å²) in [6.07, 6.45) is 1.97. The fourth-order valence-corrected chi connectivity index (χ4v) is 3.20. The molecule has 7 heteroatoms. The quantitative estimate of drug-likeness (QED) is 0.837. The first-order valence-electron chi connectivity index (χ1n) is 8.14. The number of anilines is 1. The predicted octanol–water partition coefficient (Wildman–Crippen LogP) is 1.97. The van der Waals surface area contributed by atoms with Gasteiger partial charge in [-0.2, -0.15) is 0 Å². The monoisotopic (exact) mass is 331 g/mol. The van der Waals surface area contributed by atoms with Crippen LogP contribution >= 0.6 is 0 Å². The summed E-state index contributed by atoms with van der Waals surface area (Å²) in [7, 11) is 1.53. The Kier molecular flexibility index (Phi) is 4.42. The van der Waals surface area contributed by atoms with Crippen LogP contribution in [0.15, 0.2) is 18.2 Å². The summed E-state index contributed by atoms with van der Waals surface area (Å²) in [6, 6.07) is 4.75.